The van der Waals surface area contributed by atoms with E-state index in [0.29, 0.717) is 0 Å². The van der Waals surface area contributed by atoms with Crippen LogP contribution in [0.25, 0.3) is 32.8 Å². The Balaban J connectivity index is 0.00000144. The lowest BCUT2D eigenvalue weighted by Gasteiger charge is -2.03. The Morgan fingerprint density at radius 1 is 1.05 bits per heavy atom. The molecule has 0 fully saturated rings. The van der Waals surface area contributed by atoms with Gasteiger partial charge in [-0.2, -0.15) is 4.57 Å². The smallest absolute Gasteiger partial charge is 0.239 e. The Labute approximate surface area is 145 Å². The molecule has 0 bridgehead atoms. The molecule has 4 aromatic rings. The van der Waals surface area contributed by atoms with Crippen molar-refractivity contribution in [1.29, 1.82) is 0 Å². The average Bonchev–Trinajstić information content (AvgIpc) is 2.91. The molecule has 0 atom stereocenters. The number of halogens is 1. The summed E-state index contributed by atoms with van der Waals surface area (Å²) in [6.07, 6.45) is 0. The van der Waals surface area contributed by atoms with Gasteiger partial charge in [-0.1, -0.05) is 12.1 Å². The molecule has 1 N–H and O–H groups in total. The summed E-state index contributed by atoms with van der Waals surface area (Å²) in [5, 5.41) is 2.48. The Kier molecular flexibility index (Phi) is 3.72. The van der Waals surface area contributed by atoms with Crippen molar-refractivity contribution in [3.05, 3.63) is 48.0 Å². The van der Waals surface area contributed by atoms with Crippen LogP contribution in [0.15, 0.2) is 42.5 Å². The first-order valence-electron chi connectivity index (χ1n) is 7.07. The number of aryl methyl sites for hydroxylation is 2. The summed E-state index contributed by atoms with van der Waals surface area (Å²) in [6, 6.07) is 14.7. The van der Waals surface area contributed by atoms with Gasteiger partial charge in [-0.25, -0.2) is 0 Å². The van der Waals surface area contributed by atoms with Crippen molar-refractivity contribution in [3.63, 3.8) is 0 Å². The first kappa shape index (κ1) is 15.1. The number of fused-ring (bicyclic) bond motifs is 4. The molecular formula is C18H17IN2O. The zero-order valence-corrected chi connectivity index (χ0v) is 14.9. The van der Waals surface area contributed by atoms with E-state index in [0.717, 1.165) is 11.3 Å². The van der Waals surface area contributed by atoms with E-state index in [9.17, 15) is 0 Å². The van der Waals surface area contributed by atoms with Gasteiger partial charge in [0.15, 0.2) is 0 Å². The molecule has 4 rings (SSSR count). The second kappa shape index (κ2) is 5.43. The number of hydrogen-bond acceptors (Lipinski definition) is 1. The third kappa shape index (κ3) is 1.97. The molecule has 112 valence electrons. The van der Waals surface area contributed by atoms with Crippen LogP contribution < -0.4 is 33.3 Å². The highest BCUT2D eigenvalue weighted by molar-refractivity contribution is 6.07. The van der Waals surface area contributed by atoms with Gasteiger partial charge >= 0.3 is 0 Å². The van der Waals surface area contributed by atoms with Crippen molar-refractivity contribution < 1.29 is 33.3 Å². The van der Waals surface area contributed by atoms with Crippen LogP contribution >= 0.6 is 0 Å². The number of benzene rings is 2. The molecule has 2 heterocycles. The Morgan fingerprint density at radius 2 is 1.82 bits per heavy atom. The highest BCUT2D eigenvalue weighted by atomic mass is 127. The summed E-state index contributed by atoms with van der Waals surface area (Å²) in [5.41, 5.74) is 6.08. The first-order chi connectivity index (χ1) is 10.2. The number of aromatic amines is 1. The largest absolute Gasteiger partial charge is 1.00 e. The maximum absolute atomic E-state index is 5.38. The summed E-state index contributed by atoms with van der Waals surface area (Å²) in [6.45, 7) is 2.18. The molecule has 3 nitrogen and oxygen atoms in total. The van der Waals surface area contributed by atoms with E-state index in [1.54, 1.807) is 7.11 Å². The number of nitrogens with zero attached hydrogens (tertiary/aromatic N) is 1. The van der Waals surface area contributed by atoms with Crippen molar-refractivity contribution in [1.82, 2.24) is 4.98 Å². The highest BCUT2D eigenvalue weighted by Gasteiger charge is 2.20. The standard InChI is InChI=1S/C18H16N2O.HI/c1-11-13-6-4-5-7-16(13)20(2)18-14-10-12(21-3)8-9-15(14)19-17(11)18;/h4-10H,1-3H3;1H. The second-order valence-electron chi connectivity index (χ2n) is 5.46. The van der Waals surface area contributed by atoms with Crippen molar-refractivity contribution >= 4 is 32.8 Å². The minimum atomic E-state index is 0. The lowest BCUT2D eigenvalue weighted by molar-refractivity contribution is -0.616. The number of H-pyrrole nitrogens is 1. The number of rotatable bonds is 1. The number of aromatic nitrogens is 2. The number of methoxy groups -OCH3 is 1. The van der Waals surface area contributed by atoms with Gasteiger partial charge in [-0.3, -0.25) is 0 Å². The first-order valence-corrected chi connectivity index (χ1v) is 7.07. The van der Waals surface area contributed by atoms with Gasteiger partial charge < -0.3 is 33.7 Å². The fourth-order valence-electron chi connectivity index (χ4n) is 3.24. The van der Waals surface area contributed by atoms with Crippen LogP contribution in [-0.4, -0.2) is 12.1 Å². The molecule has 0 unspecified atom stereocenters. The quantitative estimate of drug-likeness (QED) is 0.366. The maximum Gasteiger partial charge on any atom is 0.239 e. The topological polar surface area (TPSA) is 28.9 Å². The summed E-state index contributed by atoms with van der Waals surface area (Å²) in [5.74, 6) is 0.884. The third-order valence-electron chi connectivity index (χ3n) is 4.36. The van der Waals surface area contributed by atoms with E-state index in [4.69, 9.17) is 4.74 Å². The Bertz CT molecular complexity index is 1000. The summed E-state index contributed by atoms with van der Waals surface area (Å²) < 4.78 is 7.63. The van der Waals surface area contributed by atoms with Crippen LogP contribution in [0.2, 0.25) is 0 Å². The average molecular weight is 404 g/mol. The predicted molar refractivity (Wildman–Crippen MR) is 85.8 cm³/mol. The highest BCUT2D eigenvalue weighted by Crippen LogP contribution is 2.31. The summed E-state index contributed by atoms with van der Waals surface area (Å²) in [4.78, 5) is 3.55. The van der Waals surface area contributed by atoms with Gasteiger partial charge in [0.05, 0.1) is 23.4 Å². The van der Waals surface area contributed by atoms with Gasteiger partial charge in [0.25, 0.3) is 0 Å². The fourth-order valence-corrected chi connectivity index (χ4v) is 3.24. The van der Waals surface area contributed by atoms with Crippen molar-refractivity contribution in [3.8, 4) is 5.75 Å². The Hall–Kier alpha value is -1.82. The zero-order valence-electron chi connectivity index (χ0n) is 12.8. The van der Waals surface area contributed by atoms with E-state index in [-0.39, 0.29) is 24.0 Å². The van der Waals surface area contributed by atoms with Crippen LogP contribution in [0.1, 0.15) is 5.56 Å². The van der Waals surface area contributed by atoms with E-state index in [2.05, 4.69) is 59.9 Å². The van der Waals surface area contributed by atoms with Gasteiger partial charge in [-0.15, -0.1) is 0 Å². The van der Waals surface area contributed by atoms with Crippen LogP contribution in [0, 0.1) is 6.92 Å². The number of hydrogen-bond donors (Lipinski definition) is 1. The lowest BCUT2D eigenvalue weighted by Crippen LogP contribution is -3.00. The maximum atomic E-state index is 5.38. The number of pyridine rings is 1. The molecule has 0 aliphatic heterocycles. The zero-order chi connectivity index (χ0) is 14.6. The second-order valence-corrected chi connectivity index (χ2v) is 5.46. The lowest BCUT2D eigenvalue weighted by atomic mass is 10.1. The van der Waals surface area contributed by atoms with Crippen molar-refractivity contribution in [2.45, 2.75) is 6.92 Å². The van der Waals surface area contributed by atoms with E-state index < -0.39 is 0 Å². The molecule has 2 aromatic carbocycles. The molecule has 0 aliphatic rings. The number of para-hydroxylation sites is 1. The summed E-state index contributed by atoms with van der Waals surface area (Å²) in [7, 11) is 3.83. The van der Waals surface area contributed by atoms with Gasteiger partial charge in [0.2, 0.25) is 11.0 Å². The Morgan fingerprint density at radius 3 is 2.59 bits per heavy atom. The normalized spacial score (nSPS) is 11.0. The molecule has 0 saturated heterocycles. The number of nitrogens with one attached hydrogen (secondary N) is 1. The van der Waals surface area contributed by atoms with E-state index >= 15 is 0 Å². The minimum absolute atomic E-state index is 0. The molecule has 0 spiro atoms. The van der Waals surface area contributed by atoms with Gasteiger partial charge in [0.1, 0.15) is 18.3 Å². The van der Waals surface area contributed by atoms with Crippen LogP contribution in [0.3, 0.4) is 0 Å². The number of ether oxygens (including phenoxy) is 1. The molecule has 0 aliphatic carbocycles. The molecular weight excluding hydrogens is 387 g/mol. The van der Waals surface area contributed by atoms with Crippen molar-refractivity contribution in [2.75, 3.05) is 7.11 Å². The molecule has 2 aromatic heterocycles. The SMILES string of the molecule is COc1ccc2[nH]c3c(C)c4ccccc4[n+](C)c3c2c1.[I-]. The van der Waals surface area contributed by atoms with Crippen LogP contribution in [0.5, 0.6) is 5.75 Å². The van der Waals surface area contributed by atoms with Gasteiger partial charge in [0, 0.05) is 6.07 Å². The van der Waals surface area contributed by atoms with Gasteiger partial charge in [-0.05, 0) is 36.8 Å². The molecule has 4 heteroatoms. The molecule has 0 radical (unpaired) electrons. The monoisotopic (exact) mass is 404 g/mol. The molecule has 0 amide bonds. The van der Waals surface area contributed by atoms with Crippen LogP contribution in [-0.2, 0) is 7.05 Å². The molecule has 22 heavy (non-hydrogen) atoms. The van der Waals surface area contributed by atoms with E-state index in [1.165, 1.54) is 32.9 Å². The minimum Gasteiger partial charge on any atom is -1.00 e. The fraction of sp³-hybridized carbons (Fsp3) is 0.167. The molecule has 0 saturated carbocycles. The summed E-state index contributed by atoms with van der Waals surface area (Å²) >= 11 is 0. The predicted octanol–water partition coefficient (Wildman–Crippen LogP) is 0.620. The van der Waals surface area contributed by atoms with Crippen molar-refractivity contribution in [2.24, 2.45) is 7.05 Å². The third-order valence-corrected chi connectivity index (χ3v) is 4.36. The van der Waals surface area contributed by atoms with Crippen LogP contribution in [0.4, 0.5) is 0 Å². The van der Waals surface area contributed by atoms with E-state index in [1.807, 2.05) is 6.07 Å².